The number of nitrogens with zero attached hydrogens (tertiary/aromatic N) is 1. The van der Waals surface area contributed by atoms with Crippen LogP contribution in [0, 0.1) is 0 Å². The van der Waals surface area contributed by atoms with Crippen LogP contribution in [0.5, 0.6) is 0 Å². The first-order chi connectivity index (χ1) is 16.9. The summed E-state index contributed by atoms with van der Waals surface area (Å²) >= 11 is 0. The number of carbonyl (C=O) groups excluding carboxylic acids is 4. The van der Waals surface area contributed by atoms with Crippen molar-refractivity contribution in [2.45, 2.75) is 89.6 Å². The largest absolute Gasteiger partial charge is 0.469 e. The van der Waals surface area contributed by atoms with Gasteiger partial charge in [0, 0.05) is 25.0 Å². The SMILES string of the molecule is CCCC[C@H](NC(=O)OC(C)(C)C)[C@@H]1CN([C@@H](Cc2ccccc2)C(N)=O)C(=O)[C@H](CC(=O)OC)N1. The van der Waals surface area contributed by atoms with Crippen LogP contribution in [0.25, 0.3) is 0 Å². The molecule has 0 bridgehead atoms. The van der Waals surface area contributed by atoms with Gasteiger partial charge in [0.2, 0.25) is 11.8 Å². The summed E-state index contributed by atoms with van der Waals surface area (Å²) in [6.45, 7) is 7.50. The summed E-state index contributed by atoms with van der Waals surface area (Å²) in [6, 6.07) is 6.57. The van der Waals surface area contributed by atoms with E-state index in [-0.39, 0.29) is 19.4 Å². The average Bonchev–Trinajstić information content (AvgIpc) is 2.81. The van der Waals surface area contributed by atoms with Crippen molar-refractivity contribution in [1.82, 2.24) is 15.5 Å². The van der Waals surface area contributed by atoms with Gasteiger partial charge in [-0.1, -0.05) is 50.1 Å². The van der Waals surface area contributed by atoms with Gasteiger partial charge in [-0.2, -0.15) is 0 Å². The van der Waals surface area contributed by atoms with Crippen molar-refractivity contribution < 1.29 is 28.7 Å². The topological polar surface area (TPSA) is 140 Å². The molecule has 10 nitrogen and oxygen atoms in total. The minimum absolute atomic E-state index is 0.126. The number of alkyl carbamates (subject to hydrolysis) is 1. The second-order valence-electron chi connectivity index (χ2n) is 10.1. The number of methoxy groups -OCH3 is 1. The fourth-order valence-electron chi connectivity index (χ4n) is 4.26. The highest BCUT2D eigenvalue weighted by Gasteiger charge is 2.43. The fourth-order valence-corrected chi connectivity index (χ4v) is 4.26. The van der Waals surface area contributed by atoms with E-state index in [9.17, 15) is 19.2 Å². The summed E-state index contributed by atoms with van der Waals surface area (Å²) in [4.78, 5) is 52.1. The monoisotopic (exact) mass is 504 g/mol. The normalized spacial score (nSPS) is 19.8. The zero-order chi connectivity index (χ0) is 26.9. The van der Waals surface area contributed by atoms with Crippen LogP contribution < -0.4 is 16.4 Å². The van der Waals surface area contributed by atoms with E-state index in [1.165, 1.54) is 12.0 Å². The lowest BCUT2D eigenvalue weighted by atomic mass is 9.93. The third kappa shape index (κ3) is 8.82. The van der Waals surface area contributed by atoms with Crippen molar-refractivity contribution in [2.24, 2.45) is 5.73 Å². The van der Waals surface area contributed by atoms with E-state index in [0.717, 1.165) is 18.4 Å². The van der Waals surface area contributed by atoms with Crippen LogP contribution in [0.4, 0.5) is 4.79 Å². The lowest BCUT2D eigenvalue weighted by Crippen LogP contribution is -2.69. The van der Waals surface area contributed by atoms with Crippen LogP contribution >= 0.6 is 0 Å². The third-order valence-electron chi connectivity index (χ3n) is 6.02. The molecule has 1 aliphatic heterocycles. The molecule has 4 atom stereocenters. The minimum Gasteiger partial charge on any atom is -0.469 e. The highest BCUT2D eigenvalue weighted by atomic mass is 16.6. The standard InChI is InChI=1S/C26H40N4O6/c1-6-7-13-18(29-25(34)36-26(2,3)4)20-16-30(24(33)19(28-20)15-22(31)35-5)21(23(27)32)14-17-11-9-8-10-12-17/h8-12,18-21,28H,6-7,13-16H2,1-5H3,(H2,27,32)(H,29,34)/t18-,19-,20-,21-/m0/s1. The van der Waals surface area contributed by atoms with Crippen LogP contribution in [-0.2, 0) is 30.3 Å². The molecule has 1 saturated heterocycles. The number of amides is 3. The Labute approximate surface area is 213 Å². The molecule has 10 heteroatoms. The number of ether oxygens (including phenoxy) is 2. The van der Waals surface area contributed by atoms with Gasteiger partial charge in [0.25, 0.3) is 0 Å². The van der Waals surface area contributed by atoms with Crippen LogP contribution in [0.2, 0.25) is 0 Å². The Hall–Kier alpha value is -3.14. The van der Waals surface area contributed by atoms with Crippen molar-refractivity contribution in [1.29, 1.82) is 0 Å². The Balaban J connectivity index is 2.37. The Bertz CT molecular complexity index is 901. The lowest BCUT2D eigenvalue weighted by molar-refractivity contribution is -0.150. The molecule has 36 heavy (non-hydrogen) atoms. The van der Waals surface area contributed by atoms with Crippen LogP contribution in [0.1, 0.15) is 58.9 Å². The molecule has 0 radical (unpaired) electrons. The first-order valence-corrected chi connectivity index (χ1v) is 12.4. The van der Waals surface area contributed by atoms with Gasteiger partial charge in [-0.05, 0) is 32.8 Å². The maximum absolute atomic E-state index is 13.4. The highest BCUT2D eigenvalue weighted by molar-refractivity contribution is 5.92. The third-order valence-corrected chi connectivity index (χ3v) is 6.02. The maximum Gasteiger partial charge on any atom is 0.407 e. The molecule has 1 fully saturated rings. The molecule has 0 aromatic heterocycles. The quantitative estimate of drug-likeness (QED) is 0.391. The number of nitrogens with two attached hydrogens (primary N) is 1. The number of piperazine rings is 1. The lowest BCUT2D eigenvalue weighted by Gasteiger charge is -2.44. The summed E-state index contributed by atoms with van der Waals surface area (Å²) in [6.07, 6.45) is 1.77. The van der Waals surface area contributed by atoms with Gasteiger partial charge >= 0.3 is 12.1 Å². The van der Waals surface area contributed by atoms with Gasteiger partial charge in [-0.3, -0.25) is 19.7 Å². The van der Waals surface area contributed by atoms with Crippen LogP contribution in [-0.4, -0.2) is 72.2 Å². The van der Waals surface area contributed by atoms with E-state index in [4.69, 9.17) is 15.2 Å². The molecule has 1 aromatic carbocycles. The number of benzene rings is 1. The summed E-state index contributed by atoms with van der Waals surface area (Å²) in [7, 11) is 1.25. The zero-order valence-electron chi connectivity index (χ0n) is 21.9. The first kappa shape index (κ1) is 29.1. The first-order valence-electron chi connectivity index (χ1n) is 12.4. The highest BCUT2D eigenvalue weighted by Crippen LogP contribution is 2.20. The number of primary amides is 1. The molecule has 1 heterocycles. The molecule has 200 valence electrons. The van der Waals surface area contributed by atoms with Crippen molar-refractivity contribution in [3.63, 3.8) is 0 Å². The van der Waals surface area contributed by atoms with Gasteiger partial charge in [0.05, 0.1) is 19.6 Å². The maximum atomic E-state index is 13.4. The Morgan fingerprint density at radius 1 is 1.22 bits per heavy atom. The minimum atomic E-state index is -0.932. The molecule has 3 amide bonds. The summed E-state index contributed by atoms with van der Waals surface area (Å²) in [5, 5.41) is 6.14. The van der Waals surface area contributed by atoms with Gasteiger partial charge < -0.3 is 25.4 Å². The molecule has 2 rings (SSSR count). The molecule has 1 aromatic rings. The van der Waals surface area contributed by atoms with Crippen molar-refractivity contribution >= 4 is 23.9 Å². The molecular weight excluding hydrogens is 464 g/mol. The number of hydrogen-bond donors (Lipinski definition) is 3. The predicted octanol–water partition coefficient (Wildman–Crippen LogP) is 1.90. The Morgan fingerprint density at radius 3 is 2.44 bits per heavy atom. The molecule has 0 saturated carbocycles. The second-order valence-corrected chi connectivity index (χ2v) is 10.1. The van der Waals surface area contributed by atoms with E-state index in [1.54, 1.807) is 20.8 Å². The van der Waals surface area contributed by atoms with Gasteiger partial charge in [0.15, 0.2) is 0 Å². The number of unbranched alkanes of at least 4 members (excludes halogenated alkanes) is 1. The number of rotatable bonds is 11. The smallest absolute Gasteiger partial charge is 0.407 e. The molecule has 0 spiro atoms. The van der Waals surface area contributed by atoms with Gasteiger partial charge in [0.1, 0.15) is 11.6 Å². The fraction of sp³-hybridized carbons (Fsp3) is 0.615. The summed E-state index contributed by atoms with van der Waals surface area (Å²) in [5.74, 6) is -1.62. The van der Waals surface area contributed by atoms with E-state index in [0.29, 0.717) is 6.42 Å². The molecule has 1 aliphatic rings. The number of hydrogen-bond acceptors (Lipinski definition) is 7. The van der Waals surface area contributed by atoms with Crippen molar-refractivity contribution in [3.05, 3.63) is 35.9 Å². The van der Waals surface area contributed by atoms with Crippen LogP contribution in [0.15, 0.2) is 30.3 Å². The van der Waals surface area contributed by atoms with Crippen LogP contribution in [0.3, 0.4) is 0 Å². The summed E-state index contributed by atoms with van der Waals surface area (Å²) in [5.41, 5.74) is 5.94. The second kappa shape index (κ2) is 13.2. The zero-order valence-corrected chi connectivity index (χ0v) is 21.9. The van der Waals surface area contributed by atoms with E-state index in [2.05, 4.69) is 10.6 Å². The Kier molecular flexibility index (Phi) is 10.7. The van der Waals surface area contributed by atoms with E-state index in [1.807, 2.05) is 37.3 Å². The number of carbonyl (C=O) groups is 4. The van der Waals surface area contributed by atoms with Crippen molar-refractivity contribution in [2.75, 3.05) is 13.7 Å². The molecule has 0 aliphatic carbocycles. The Morgan fingerprint density at radius 2 is 1.89 bits per heavy atom. The summed E-state index contributed by atoms with van der Waals surface area (Å²) < 4.78 is 10.2. The molecular formula is C26H40N4O6. The van der Waals surface area contributed by atoms with E-state index < -0.39 is 53.6 Å². The van der Waals surface area contributed by atoms with Gasteiger partial charge in [-0.25, -0.2) is 4.79 Å². The average molecular weight is 505 g/mol. The number of esters is 1. The predicted molar refractivity (Wildman–Crippen MR) is 135 cm³/mol. The molecule has 0 unspecified atom stereocenters. The molecule has 4 N–H and O–H groups in total. The number of nitrogens with one attached hydrogen (secondary N) is 2. The van der Waals surface area contributed by atoms with Gasteiger partial charge in [-0.15, -0.1) is 0 Å². The van der Waals surface area contributed by atoms with E-state index >= 15 is 0 Å². The van der Waals surface area contributed by atoms with Crippen molar-refractivity contribution in [3.8, 4) is 0 Å².